The number of hydrogen-bond acceptors (Lipinski definition) is 2. The summed E-state index contributed by atoms with van der Waals surface area (Å²) in [5, 5.41) is 1.29. The molecular weight excluding hydrogens is 243 g/mol. The second-order valence-corrected chi connectivity index (χ2v) is 3.87. The number of rotatable bonds is 3. The average molecular weight is 257 g/mol. The Balaban J connectivity index is 3.23. The van der Waals surface area contributed by atoms with Gasteiger partial charge in [-0.25, -0.2) is 0 Å². The molecule has 0 amide bonds. The van der Waals surface area contributed by atoms with Crippen molar-refractivity contribution in [1.82, 2.24) is 5.06 Å². The van der Waals surface area contributed by atoms with Crippen LogP contribution in [0.5, 0.6) is 0 Å². The first-order valence-corrected chi connectivity index (χ1v) is 5.24. The monoisotopic (exact) mass is 257 g/mol. The standard InChI is InChI=1S/C13H14F3NO/c1-12(17(2)18-3,9-10-13(14,15)16)11-7-5-4-6-8-11/h4-8H,1-3H3. The van der Waals surface area contributed by atoms with Crippen molar-refractivity contribution in [2.75, 3.05) is 14.2 Å². The molecule has 0 aliphatic rings. The van der Waals surface area contributed by atoms with Gasteiger partial charge in [0.2, 0.25) is 0 Å². The van der Waals surface area contributed by atoms with Crippen molar-refractivity contribution in [2.24, 2.45) is 0 Å². The molecule has 2 nitrogen and oxygen atoms in total. The molecule has 0 radical (unpaired) electrons. The van der Waals surface area contributed by atoms with E-state index in [-0.39, 0.29) is 0 Å². The van der Waals surface area contributed by atoms with Crippen molar-refractivity contribution in [3.8, 4) is 11.8 Å². The lowest BCUT2D eigenvalue weighted by Crippen LogP contribution is -2.39. The van der Waals surface area contributed by atoms with E-state index in [1.807, 2.05) is 0 Å². The molecule has 0 bridgehead atoms. The third-order valence-electron chi connectivity index (χ3n) is 2.69. The lowest BCUT2D eigenvalue weighted by molar-refractivity contribution is -0.162. The predicted octanol–water partition coefficient (Wildman–Crippen LogP) is 2.96. The molecule has 0 N–H and O–H groups in total. The summed E-state index contributed by atoms with van der Waals surface area (Å²) in [4.78, 5) is 5.00. The molecule has 0 saturated heterocycles. The molecular formula is C13H14F3NO. The molecule has 1 unspecified atom stereocenters. The molecule has 0 aliphatic carbocycles. The van der Waals surface area contributed by atoms with Crippen LogP contribution in [0.3, 0.4) is 0 Å². The smallest absolute Gasteiger partial charge is 0.301 e. The first kappa shape index (κ1) is 14.6. The summed E-state index contributed by atoms with van der Waals surface area (Å²) in [6, 6.07) is 8.69. The summed E-state index contributed by atoms with van der Waals surface area (Å²) in [6.07, 6.45) is -4.52. The van der Waals surface area contributed by atoms with E-state index in [2.05, 4.69) is 5.92 Å². The SMILES string of the molecule is CON(C)C(C)(C#CC(F)(F)F)c1ccccc1. The fourth-order valence-corrected chi connectivity index (χ4v) is 1.47. The van der Waals surface area contributed by atoms with Gasteiger partial charge >= 0.3 is 6.18 Å². The Kier molecular flexibility index (Phi) is 4.38. The fraction of sp³-hybridized carbons (Fsp3) is 0.385. The molecule has 18 heavy (non-hydrogen) atoms. The normalized spacial score (nSPS) is 14.8. The molecule has 1 aromatic carbocycles. The molecule has 0 spiro atoms. The first-order chi connectivity index (χ1) is 8.29. The van der Waals surface area contributed by atoms with Gasteiger partial charge in [0, 0.05) is 13.0 Å². The molecule has 1 rings (SSSR count). The van der Waals surface area contributed by atoms with Gasteiger partial charge in [-0.05, 0) is 12.5 Å². The van der Waals surface area contributed by atoms with Gasteiger partial charge in [0.05, 0.1) is 7.11 Å². The van der Waals surface area contributed by atoms with Gasteiger partial charge in [-0.15, -0.1) is 0 Å². The predicted molar refractivity (Wildman–Crippen MR) is 62.4 cm³/mol. The molecule has 0 aliphatic heterocycles. The number of hydrogen-bond donors (Lipinski definition) is 0. The molecule has 1 atom stereocenters. The van der Waals surface area contributed by atoms with Gasteiger partial charge in [-0.1, -0.05) is 36.3 Å². The van der Waals surface area contributed by atoms with Gasteiger partial charge in [0.15, 0.2) is 0 Å². The maximum absolute atomic E-state index is 12.2. The van der Waals surface area contributed by atoms with Crippen LogP contribution in [0.4, 0.5) is 13.2 Å². The molecule has 1 aromatic rings. The van der Waals surface area contributed by atoms with Gasteiger partial charge in [0.25, 0.3) is 0 Å². The van der Waals surface area contributed by atoms with Crippen molar-refractivity contribution in [3.63, 3.8) is 0 Å². The summed E-state index contributed by atoms with van der Waals surface area (Å²) >= 11 is 0. The lowest BCUT2D eigenvalue weighted by atomic mass is 9.92. The Morgan fingerprint density at radius 2 is 1.67 bits per heavy atom. The Morgan fingerprint density at radius 1 is 1.11 bits per heavy atom. The zero-order valence-electron chi connectivity index (χ0n) is 10.4. The van der Waals surface area contributed by atoms with Crippen LogP contribution in [0.1, 0.15) is 12.5 Å². The van der Waals surface area contributed by atoms with Crippen molar-refractivity contribution in [3.05, 3.63) is 35.9 Å². The van der Waals surface area contributed by atoms with E-state index in [0.717, 1.165) is 0 Å². The highest BCUT2D eigenvalue weighted by molar-refractivity contribution is 5.33. The average Bonchev–Trinajstić information content (AvgIpc) is 2.35. The van der Waals surface area contributed by atoms with E-state index < -0.39 is 11.7 Å². The van der Waals surface area contributed by atoms with Crippen LogP contribution in [0.25, 0.3) is 0 Å². The Labute approximate surface area is 104 Å². The largest absolute Gasteiger partial charge is 0.457 e. The number of alkyl halides is 3. The van der Waals surface area contributed by atoms with Gasteiger partial charge in [-0.3, -0.25) is 0 Å². The maximum atomic E-state index is 12.2. The van der Waals surface area contributed by atoms with Crippen LogP contribution < -0.4 is 0 Å². The van der Waals surface area contributed by atoms with Crippen LogP contribution in [-0.4, -0.2) is 25.4 Å². The van der Waals surface area contributed by atoms with Crippen LogP contribution in [-0.2, 0) is 10.4 Å². The van der Waals surface area contributed by atoms with E-state index >= 15 is 0 Å². The topological polar surface area (TPSA) is 12.5 Å². The second-order valence-electron chi connectivity index (χ2n) is 3.87. The molecule has 0 saturated carbocycles. The molecule has 0 fully saturated rings. The minimum absolute atomic E-state index is 0.631. The van der Waals surface area contributed by atoms with E-state index in [1.54, 1.807) is 37.3 Å². The first-order valence-electron chi connectivity index (χ1n) is 5.24. The zero-order valence-corrected chi connectivity index (χ0v) is 10.4. The fourth-order valence-electron chi connectivity index (χ4n) is 1.47. The summed E-state index contributed by atoms with van der Waals surface area (Å²) in [5.74, 6) is 3.53. The highest BCUT2D eigenvalue weighted by Gasteiger charge is 2.32. The Bertz CT molecular complexity index is 447. The maximum Gasteiger partial charge on any atom is 0.457 e. The molecule has 0 aromatic heterocycles. The third-order valence-corrected chi connectivity index (χ3v) is 2.69. The van der Waals surface area contributed by atoms with Gasteiger partial charge < -0.3 is 4.84 Å². The molecule has 5 heteroatoms. The molecule has 0 heterocycles. The lowest BCUT2D eigenvalue weighted by Gasteiger charge is -2.32. The number of benzene rings is 1. The van der Waals surface area contributed by atoms with Crippen LogP contribution in [0.2, 0.25) is 0 Å². The van der Waals surface area contributed by atoms with Crippen molar-refractivity contribution in [2.45, 2.75) is 18.6 Å². The van der Waals surface area contributed by atoms with Crippen LogP contribution >= 0.6 is 0 Å². The number of halogens is 3. The van der Waals surface area contributed by atoms with Gasteiger partial charge in [-0.2, -0.15) is 18.2 Å². The highest BCUT2D eigenvalue weighted by atomic mass is 19.4. The van der Waals surface area contributed by atoms with E-state index in [4.69, 9.17) is 4.84 Å². The summed E-state index contributed by atoms with van der Waals surface area (Å²) in [5.41, 5.74) is -0.531. The quantitative estimate of drug-likeness (QED) is 0.609. The summed E-state index contributed by atoms with van der Waals surface area (Å²) in [6.45, 7) is 1.57. The van der Waals surface area contributed by atoms with E-state index in [1.165, 1.54) is 25.1 Å². The zero-order chi connectivity index (χ0) is 13.8. The highest BCUT2D eigenvalue weighted by Crippen LogP contribution is 2.27. The minimum Gasteiger partial charge on any atom is -0.301 e. The summed E-state index contributed by atoms with van der Waals surface area (Å²) in [7, 11) is 2.93. The Hall–Kier alpha value is -1.51. The molecule has 98 valence electrons. The minimum atomic E-state index is -4.52. The third kappa shape index (κ3) is 3.49. The van der Waals surface area contributed by atoms with Crippen molar-refractivity contribution in [1.29, 1.82) is 0 Å². The Morgan fingerprint density at radius 3 is 2.11 bits per heavy atom. The number of hydroxylamine groups is 2. The van der Waals surface area contributed by atoms with Crippen LogP contribution in [0, 0.1) is 11.8 Å². The van der Waals surface area contributed by atoms with E-state index in [0.29, 0.717) is 5.56 Å². The van der Waals surface area contributed by atoms with Crippen molar-refractivity contribution >= 4 is 0 Å². The van der Waals surface area contributed by atoms with Crippen LogP contribution in [0.15, 0.2) is 30.3 Å². The summed E-state index contributed by atoms with van der Waals surface area (Å²) < 4.78 is 36.7. The van der Waals surface area contributed by atoms with Gasteiger partial charge in [0.1, 0.15) is 5.54 Å². The second kappa shape index (κ2) is 5.42. The number of nitrogens with zero attached hydrogens (tertiary/aromatic N) is 1. The van der Waals surface area contributed by atoms with Crippen molar-refractivity contribution < 1.29 is 18.0 Å². The van der Waals surface area contributed by atoms with E-state index in [9.17, 15) is 13.2 Å².